The van der Waals surface area contributed by atoms with Crippen LogP contribution >= 0.6 is 11.6 Å². The van der Waals surface area contributed by atoms with Crippen molar-refractivity contribution in [2.75, 3.05) is 0 Å². The lowest BCUT2D eigenvalue weighted by Gasteiger charge is -2.23. The van der Waals surface area contributed by atoms with Gasteiger partial charge >= 0.3 is 0 Å². The molecule has 0 fully saturated rings. The maximum absolute atomic E-state index is 13.2. The first-order valence-electron chi connectivity index (χ1n) is 9.67. The van der Waals surface area contributed by atoms with Gasteiger partial charge in [0.1, 0.15) is 10.8 Å². The number of rotatable bonds is 5. The molecule has 0 saturated heterocycles. The summed E-state index contributed by atoms with van der Waals surface area (Å²) in [6.45, 7) is 4.83. The van der Waals surface area contributed by atoms with Gasteiger partial charge in [0.05, 0.1) is 11.7 Å². The van der Waals surface area contributed by atoms with Crippen molar-refractivity contribution in [3.05, 3.63) is 100 Å². The summed E-state index contributed by atoms with van der Waals surface area (Å²) >= 11 is 6.54. The highest BCUT2D eigenvalue weighted by atomic mass is 35.5. The molecule has 0 bridgehead atoms. The summed E-state index contributed by atoms with van der Waals surface area (Å²) in [5.74, 6) is -0.205. The number of pyridine rings is 1. The molecular weight excluding hydrogens is 396 g/mol. The zero-order valence-electron chi connectivity index (χ0n) is 16.8. The summed E-state index contributed by atoms with van der Waals surface area (Å²) in [7, 11) is 0. The van der Waals surface area contributed by atoms with Gasteiger partial charge < -0.3 is 4.90 Å². The summed E-state index contributed by atoms with van der Waals surface area (Å²) in [5, 5.41) is 1.41. The summed E-state index contributed by atoms with van der Waals surface area (Å²) in [6, 6.07) is 16.0. The van der Waals surface area contributed by atoms with E-state index in [-0.39, 0.29) is 5.91 Å². The Morgan fingerprint density at radius 3 is 2.57 bits per heavy atom. The highest BCUT2D eigenvalue weighted by Crippen LogP contribution is 2.26. The van der Waals surface area contributed by atoms with Crippen LogP contribution in [0.2, 0.25) is 5.15 Å². The maximum Gasteiger partial charge on any atom is 0.274 e. The molecule has 6 heteroatoms. The van der Waals surface area contributed by atoms with Crippen LogP contribution in [0.5, 0.6) is 0 Å². The second-order valence-corrected chi connectivity index (χ2v) is 7.69. The Bertz CT molecular complexity index is 1200. The second-order valence-electron chi connectivity index (χ2n) is 7.33. The number of halogens is 1. The van der Waals surface area contributed by atoms with Gasteiger partial charge in [-0.3, -0.25) is 9.78 Å². The van der Waals surface area contributed by atoms with Crippen molar-refractivity contribution < 1.29 is 4.79 Å². The Kier molecular flexibility index (Phi) is 5.72. The summed E-state index contributed by atoms with van der Waals surface area (Å²) < 4.78 is 0. The van der Waals surface area contributed by atoms with E-state index in [2.05, 4.69) is 34.0 Å². The van der Waals surface area contributed by atoms with Crippen LogP contribution in [0, 0.1) is 13.8 Å². The number of aromatic nitrogens is 3. The molecule has 0 spiro atoms. The number of aryl methyl sites for hydroxylation is 2. The summed E-state index contributed by atoms with van der Waals surface area (Å²) in [5.41, 5.74) is 5.23. The molecule has 5 nitrogen and oxygen atoms in total. The third-order valence-electron chi connectivity index (χ3n) is 4.93. The van der Waals surface area contributed by atoms with Gasteiger partial charge in [0.25, 0.3) is 5.91 Å². The zero-order chi connectivity index (χ0) is 21.1. The van der Waals surface area contributed by atoms with Gasteiger partial charge in [-0.1, -0.05) is 53.6 Å². The maximum atomic E-state index is 13.2. The van der Waals surface area contributed by atoms with Crippen LogP contribution in [-0.2, 0) is 13.1 Å². The predicted octanol–water partition coefficient (Wildman–Crippen LogP) is 5.14. The Labute approximate surface area is 180 Å². The van der Waals surface area contributed by atoms with E-state index >= 15 is 0 Å². The van der Waals surface area contributed by atoms with Crippen molar-refractivity contribution in [2.45, 2.75) is 26.9 Å². The molecule has 0 atom stereocenters. The van der Waals surface area contributed by atoms with Gasteiger partial charge in [0.2, 0.25) is 0 Å². The van der Waals surface area contributed by atoms with Crippen molar-refractivity contribution >= 4 is 28.4 Å². The minimum absolute atomic E-state index is 0.205. The number of nitrogens with zero attached hydrogens (tertiary/aromatic N) is 4. The van der Waals surface area contributed by atoms with Crippen molar-refractivity contribution in [1.29, 1.82) is 0 Å². The lowest BCUT2D eigenvalue weighted by molar-refractivity contribution is 0.0723. The van der Waals surface area contributed by atoms with E-state index in [1.807, 2.05) is 43.3 Å². The summed E-state index contributed by atoms with van der Waals surface area (Å²) in [6.07, 6.45) is 4.55. The molecular formula is C24H21ClN4O. The van der Waals surface area contributed by atoms with Gasteiger partial charge in [0, 0.05) is 36.4 Å². The molecule has 0 aliphatic heterocycles. The quantitative estimate of drug-likeness (QED) is 0.423. The molecule has 2 heterocycles. The molecule has 0 radical (unpaired) electrons. The molecule has 30 heavy (non-hydrogen) atoms. The first-order valence-corrected chi connectivity index (χ1v) is 10.0. The van der Waals surface area contributed by atoms with E-state index in [1.165, 1.54) is 12.4 Å². The fraction of sp³-hybridized carbons (Fsp3) is 0.167. The third-order valence-corrected chi connectivity index (χ3v) is 5.25. The molecule has 0 saturated carbocycles. The lowest BCUT2D eigenvalue weighted by atomic mass is 10.0. The SMILES string of the molecule is Cc1cc(C)c2nc(Cl)c(CN(Cc3ccccc3)C(=O)c3cnccn3)cc2c1. The van der Waals surface area contributed by atoms with E-state index < -0.39 is 0 Å². The monoisotopic (exact) mass is 416 g/mol. The predicted molar refractivity (Wildman–Crippen MR) is 118 cm³/mol. The molecule has 2 aromatic heterocycles. The van der Waals surface area contributed by atoms with Crippen LogP contribution in [0.1, 0.15) is 32.7 Å². The summed E-state index contributed by atoms with van der Waals surface area (Å²) in [4.78, 5) is 27.7. The minimum Gasteiger partial charge on any atom is -0.328 e. The molecule has 0 unspecified atom stereocenters. The first-order chi connectivity index (χ1) is 14.5. The largest absolute Gasteiger partial charge is 0.328 e. The van der Waals surface area contributed by atoms with Crippen molar-refractivity contribution in [3.63, 3.8) is 0 Å². The van der Waals surface area contributed by atoms with E-state index in [1.54, 1.807) is 11.1 Å². The normalized spacial score (nSPS) is 10.9. The van der Waals surface area contributed by atoms with Gasteiger partial charge in [0.15, 0.2) is 0 Å². The van der Waals surface area contributed by atoms with Crippen LogP contribution in [0.3, 0.4) is 0 Å². The smallest absolute Gasteiger partial charge is 0.274 e. The zero-order valence-corrected chi connectivity index (χ0v) is 17.6. The van der Waals surface area contributed by atoms with Crippen LogP contribution in [-0.4, -0.2) is 25.8 Å². The highest BCUT2D eigenvalue weighted by molar-refractivity contribution is 6.30. The van der Waals surface area contributed by atoms with E-state index in [4.69, 9.17) is 11.6 Å². The number of fused-ring (bicyclic) bond motifs is 1. The average Bonchev–Trinajstić information content (AvgIpc) is 2.75. The van der Waals surface area contributed by atoms with Crippen LogP contribution in [0.4, 0.5) is 0 Å². The third kappa shape index (κ3) is 4.31. The van der Waals surface area contributed by atoms with E-state index in [9.17, 15) is 4.79 Å². The van der Waals surface area contributed by atoms with Crippen molar-refractivity contribution in [2.24, 2.45) is 0 Å². The van der Waals surface area contributed by atoms with E-state index in [0.717, 1.165) is 33.2 Å². The fourth-order valence-corrected chi connectivity index (χ4v) is 3.76. The lowest BCUT2D eigenvalue weighted by Crippen LogP contribution is -2.31. The number of benzene rings is 2. The number of carbonyl (C=O) groups excluding carboxylic acids is 1. The van der Waals surface area contributed by atoms with Gasteiger partial charge in [-0.15, -0.1) is 0 Å². The van der Waals surface area contributed by atoms with Crippen molar-refractivity contribution in [3.8, 4) is 0 Å². The highest BCUT2D eigenvalue weighted by Gasteiger charge is 2.20. The van der Waals surface area contributed by atoms with Gasteiger partial charge in [-0.2, -0.15) is 0 Å². The van der Waals surface area contributed by atoms with Crippen molar-refractivity contribution in [1.82, 2.24) is 19.9 Å². The Morgan fingerprint density at radius 2 is 1.83 bits per heavy atom. The molecule has 4 aromatic rings. The topological polar surface area (TPSA) is 59.0 Å². The number of hydrogen-bond acceptors (Lipinski definition) is 4. The van der Waals surface area contributed by atoms with Gasteiger partial charge in [-0.05, 0) is 37.1 Å². The number of hydrogen-bond donors (Lipinski definition) is 0. The Morgan fingerprint density at radius 1 is 1.03 bits per heavy atom. The Balaban J connectivity index is 1.72. The van der Waals surface area contributed by atoms with E-state index in [0.29, 0.717) is 23.9 Å². The second kappa shape index (κ2) is 8.59. The molecule has 1 amide bonds. The van der Waals surface area contributed by atoms with Gasteiger partial charge in [-0.25, -0.2) is 9.97 Å². The molecule has 4 rings (SSSR count). The molecule has 0 N–H and O–H groups in total. The average molecular weight is 417 g/mol. The molecule has 0 aliphatic rings. The molecule has 2 aromatic carbocycles. The molecule has 0 aliphatic carbocycles. The number of amides is 1. The van der Waals surface area contributed by atoms with Crippen LogP contribution < -0.4 is 0 Å². The number of carbonyl (C=O) groups is 1. The first kappa shape index (κ1) is 20.0. The van der Waals surface area contributed by atoms with Crippen LogP contribution in [0.25, 0.3) is 10.9 Å². The molecule has 150 valence electrons. The fourth-order valence-electron chi connectivity index (χ4n) is 3.56. The Hall–Kier alpha value is -3.31. The van der Waals surface area contributed by atoms with Crippen LogP contribution in [0.15, 0.2) is 67.1 Å². The minimum atomic E-state index is -0.205. The standard InChI is InChI=1S/C24H21ClN4O/c1-16-10-17(2)22-19(11-16)12-20(23(25)28-22)15-29(14-18-6-4-3-5-7-18)24(30)21-13-26-8-9-27-21/h3-13H,14-15H2,1-2H3.